The van der Waals surface area contributed by atoms with Gasteiger partial charge in [-0.25, -0.2) is 0 Å². The third-order valence-electron chi connectivity index (χ3n) is 3.31. The predicted molar refractivity (Wildman–Crippen MR) is 74.3 cm³/mol. The van der Waals surface area contributed by atoms with Gasteiger partial charge >= 0.3 is 0 Å². The number of benzene rings is 1. The van der Waals surface area contributed by atoms with Crippen molar-refractivity contribution in [2.75, 3.05) is 11.4 Å². The van der Waals surface area contributed by atoms with E-state index < -0.39 is 0 Å². The van der Waals surface area contributed by atoms with Crippen LogP contribution in [0.2, 0.25) is 0 Å². The minimum Gasteiger partial charge on any atom is -0.366 e. The van der Waals surface area contributed by atoms with Crippen molar-refractivity contribution in [3.05, 3.63) is 41.6 Å². The van der Waals surface area contributed by atoms with E-state index >= 15 is 0 Å². The summed E-state index contributed by atoms with van der Waals surface area (Å²) in [6.07, 6.45) is 6.10. The fraction of sp³-hybridized carbons (Fsp3) is 0.400. The van der Waals surface area contributed by atoms with Crippen LogP contribution < -0.4 is 10.6 Å². The molecule has 0 saturated heterocycles. The Labute approximate surface area is 108 Å². The minimum absolute atomic E-state index is 0.315. The summed E-state index contributed by atoms with van der Waals surface area (Å²) in [5.41, 5.74) is 8.50. The van der Waals surface area contributed by atoms with E-state index in [-0.39, 0.29) is 5.91 Å². The van der Waals surface area contributed by atoms with Gasteiger partial charge in [-0.1, -0.05) is 38.0 Å². The zero-order chi connectivity index (χ0) is 13.0. The van der Waals surface area contributed by atoms with Gasteiger partial charge in [0.25, 0.3) is 0 Å². The zero-order valence-corrected chi connectivity index (χ0v) is 10.9. The maximum atomic E-state index is 11.4. The first-order valence-electron chi connectivity index (χ1n) is 6.57. The first-order valence-corrected chi connectivity index (χ1v) is 6.57. The summed E-state index contributed by atoms with van der Waals surface area (Å²) in [5, 5.41) is 0. The van der Waals surface area contributed by atoms with Crippen molar-refractivity contribution in [1.29, 1.82) is 0 Å². The molecule has 0 unspecified atom stereocenters. The van der Waals surface area contributed by atoms with Crippen LogP contribution in [0.1, 0.15) is 31.7 Å². The Kier molecular flexibility index (Phi) is 4.03. The maximum absolute atomic E-state index is 11.4. The number of hydrogen-bond donors (Lipinski definition) is 1. The monoisotopic (exact) mass is 244 g/mol. The molecule has 0 spiro atoms. The highest BCUT2D eigenvalue weighted by Gasteiger charge is 2.19. The van der Waals surface area contributed by atoms with Gasteiger partial charge in [0.05, 0.1) is 0 Å². The van der Waals surface area contributed by atoms with Crippen molar-refractivity contribution in [2.45, 2.75) is 32.6 Å². The van der Waals surface area contributed by atoms with Crippen LogP contribution in [-0.2, 0) is 11.2 Å². The average molecular weight is 244 g/mol. The number of fused-ring (bicyclic) bond motifs is 1. The van der Waals surface area contributed by atoms with Gasteiger partial charge in [-0.05, 0) is 18.1 Å². The Hall–Kier alpha value is -1.77. The molecule has 1 aliphatic rings. The first kappa shape index (κ1) is 12.7. The third kappa shape index (κ3) is 2.73. The number of carbonyl (C=O) groups is 1. The summed E-state index contributed by atoms with van der Waals surface area (Å²) in [6, 6.07) is 8.22. The Balaban J connectivity index is 2.21. The van der Waals surface area contributed by atoms with E-state index in [9.17, 15) is 4.79 Å². The fourth-order valence-electron chi connectivity index (χ4n) is 2.32. The number of anilines is 1. The summed E-state index contributed by atoms with van der Waals surface area (Å²) in [6.45, 7) is 3.14. The molecule has 0 aromatic heterocycles. The number of nitrogens with two attached hydrogens (primary N) is 1. The molecule has 1 aromatic carbocycles. The highest BCUT2D eigenvalue weighted by atomic mass is 16.1. The molecule has 0 fully saturated rings. The molecule has 3 nitrogen and oxygen atoms in total. The Morgan fingerprint density at radius 3 is 2.83 bits per heavy atom. The number of carbonyl (C=O) groups excluding carboxylic acids is 1. The van der Waals surface area contributed by atoms with E-state index in [1.807, 2.05) is 18.3 Å². The number of rotatable bonds is 5. The van der Waals surface area contributed by atoms with E-state index in [0.717, 1.165) is 13.0 Å². The van der Waals surface area contributed by atoms with Gasteiger partial charge in [0.2, 0.25) is 5.91 Å². The molecule has 1 amide bonds. The van der Waals surface area contributed by atoms with E-state index in [2.05, 4.69) is 24.0 Å². The second-order valence-electron chi connectivity index (χ2n) is 4.72. The van der Waals surface area contributed by atoms with Gasteiger partial charge in [-0.15, -0.1) is 0 Å². The normalized spacial score (nSPS) is 14.1. The molecule has 0 radical (unpaired) electrons. The molecule has 18 heavy (non-hydrogen) atoms. The third-order valence-corrected chi connectivity index (χ3v) is 3.31. The molecule has 0 atom stereocenters. The van der Waals surface area contributed by atoms with Crippen LogP contribution in [0, 0.1) is 0 Å². The molecule has 1 aromatic rings. The average Bonchev–Trinajstić information content (AvgIpc) is 2.38. The van der Waals surface area contributed by atoms with Crippen molar-refractivity contribution in [3.63, 3.8) is 0 Å². The van der Waals surface area contributed by atoms with Gasteiger partial charge in [0, 0.05) is 30.4 Å². The number of para-hydroxylation sites is 1. The number of amides is 1. The molecule has 3 heteroatoms. The van der Waals surface area contributed by atoms with Crippen molar-refractivity contribution in [3.8, 4) is 0 Å². The fourth-order valence-corrected chi connectivity index (χ4v) is 2.32. The second-order valence-corrected chi connectivity index (χ2v) is 4.72. The number of primary amides is 1. The molecule has 96 valence electrons. The predicted octanol–water partition coefficient (Wildman–Crippen LogP) is 2.61. The summed E-state index contributed by atoms with van der Waals surface area (Å²) >= 11 is 0. The lowest BCUT2D eigenvalue weighted by Gasteiger charge is -2.28. The molecule has 0 bridgehead atoms. The Bertz CT molecular complexity index is 465. The summed E-state index contributed by atoms with van der Waals surface area (Å²) in [7, 11) is 0. The van der Waals surface area contributed by atoms with Gasteiger partial charge in [0.15, 0.2) is 0 Å². The van der Waals surface area contributed by atoms with Crippen LogP contribution >= 0.6 is 0 Å². The number of unbranched alkanes of at least 4 members (excludes halogenated alkanes) is 2. The lowest BCUT2D eigenvalue weighted by Crippen LogP contribution is -2.28. The van der Waals surface area contributed by atoms with E-state index in [1.54, 1.807) is 0 Å². The molecule has 1 heterocycles. The largest absolute Gasteiger partial charge is 0.366 e. The zero-order valence-electron chi connectivity index (χ0n) is 10.9. The molecular weight excluding hydrogens is 224 g/mol. The van der Waals surface area contributed by atoms with Crippen molar-refractivity contribution < 1.29 is 4.79 Å². The maximum Gasteiger partial charge on any atom is 0.246 e. The van der Waals surface area contributed by atoms with Gasteiger partial charge in [-0.2, -0.15) is 0 Å². The summed E-state index contributed by atoms with van der Waals surface area (Å²) in [5.74, 6) is -0.315. The highest BCUT2D eigenvalue weighted by Crippen LogP contribution is 2.28. The Morgan fingerprint density at radius 1 is 1.33 bits per heavy atom. The van der Waals surface area contributed by atoms with E-state index in [1.165, 1.54) is 24.1 Å². The second kappa shape index (κ2) is 5.71. The lowest BCUT2D eigenvalue weighted by molar-refractivity contribution is -0.114. The van der Waals surface area contributed by atoms with Crippen molar-refractivity contribution in [2.24, 2.45) is 5.73 Å². The van der Waals surface area contributed by atoms with E-state index in [0.29, 0.717) is 12.0 Å². The van der Waals surface area contributed by atoms with E-state index in [4.69, 9.17) is 5.73 Å². The molecule has 0 aliphatic carbocycles. The first-order chi connectivity index (χ1) is 8.72. The van der Waals surface area contributed by atoms with Crippen LogP contribution in [0.15, 0.2) is 36.0 Å². The molecular formula is C15H20N2O. The standard InChI is InChI=1S/C15H20N2O/c1-2-3-6-9-17-11-13(15(16)18)10-12-7-4-5-8-14(12)17/h4-5,7-8,11H,2-3,6,9-10H2,1H3,(H2,16,18). The number of hydrogen-bond acceptors (Lipinski definition) is 2. The summed E-state index contributed by atoms with van der Waals surface area (Å²) in [4.78, 5) is 13.5. The van der Waals surface area contributed by atoms with Crippen LogP contribution in [0.5, 0.6) is 0 Å². The van der Waals surface area contributed by atoms with Gasteiger partial charge in [-0.3, -0.25) is 4.79 Å². The minimum atomic E-state index is -0.315. The number of nitrogens with zero attached hydrogens (tertiary/aromatic N) is 1. The lowest BCUT2D eigenvalue weighted by atomic mass is 9.99. The Morgan fingerprint density at radius 2 is 2.11 bits per heavy atom. The van der Waals surface area contributed by atoms with Gasteiger partial charge in [0.1, 0.15) is 0 Å². The molecule has 2 rings (SSSR count). The van der Waals surface area contributed by atoms with Crippen LogP contribution in [0.4, 0.5) is 5.69 Å². The van der Waals surface area contributed by atoms with Crippen molar-refractivity contribution >= 4 is 11.6 Å². The van der Waals surface area contributed by atoms with Crippen LogP contribution in [0.25, 0.3) is 0 Å². The van der Waals surface area contributed by atoms with Gasteiger partial charge < -0.3 is 10.6 Å². The highest BCUT2D eigenvalue weighted by molar-refractivity contribution is 5.94. The topological polar surface area (TPSA) is 46.3 Å². The summed E-state index contributed by atoms with van der Waals surface area (Å²) < 4.78 is 0. The van der Waals surface area contributed by atoms with Crippen molar-refractivity contribution in [1.82, 2.24) is 0 Å². The SMILES string of the molecule is CCCCCN1C=C(C(N)=O)Cc2ccccc21. The molecule has 2 N–H and O–H groups in total. The van der Waals surface area contributed by atoms with Crippen LogP contribution in [0.3, 0.4) is 0 Å². The molecule has 1 aliphatic heterocycles. The molecule has 0 saturated carbocycles. The van der Waals surface area contributed by atoms with Crippen LogP contribution in [-0.4, -0.2) is 12.5 Å². The quantitative estimate of drug-likeness (QED) is 0.809. The smallest absolute Gasteiger partial charge is 0.246 e.